The predicted molar refractivity (Wildman–Crippen MR) is 87.3 cm³/mol. The maximum absolute atomic E-state index is 12.5. The number of nitrogens with one attached hydrogen (secondary N) is 1. The summed E-state index contributed by atoms with van der Waals surface area (Å²) in [5.41, 5.74) is 5.33. The Balaban J connectivity index is 1.93. The molecule has 8 heteroatoms. The maximum atomic E-state index is 12.5. The van der Waals surface area contributed by atoms with Crippen molar-refractivity contribution in [1.82, 2.24) is 4.98 Å². The lowest BCUT2D eigenvalue weighted by atomic mass is 10.2. The molecule has 1 amide bonds. The first-order valence-corrected chi connectivity index (χ1v) is 7.60. The van der Waals surface area contributed by atoms with Crippen LogP contribution in [0, 0.1) is 0 Å². The minimum Gasteiger partial charge on any atom is -0.439 e. The lowest BCUT2D eigenvalue weighted by Crippen LogP contribution is -2.19. The van der Waals surface area contributed by atoms with E-state index in [-0.39, 0.29) is 23.6 Å². The smallest absolute Gasteiger partial charge is 0.416 e. The van der Waals surface area contributed by atoms with Crippen LogP contribution in [0.25, 0.3) is 0 Å². The highest BCUT2D eigenvalue weighted by Gasteiger charge is 2.30. The summed E-state index contributed by atoms with van der Waals surface area (Å²) in [6, 6.07) is 7.35. The first-order chi connectivity index (χ1) is 11.7. The summed E-state index contributed by atoms with van der Waals surface area (Å²) in [7, 11) is 0. The van der Waals surface area contributed by atoms with E-state index in [2.05, 4.69) is 10.3 Å². The molecule has 0 fully saturated rings. The van der Waals surface area contributed by atoms with Gasteiger partial charge in [-0.3, -0.25) is 4.79 Å². The largest absolute Gasteiger partial charge is 0.439 e. The quantitative estimate of drug-likeness (QED) is 0.824. The molecule has 25 heavy (non-hydrogen) atoms. The minimum absolute atomic E-state index is 0.0524. The van der Waals surface area contributed by atoms with E-state index in [1.165, 1.54) is 24.4 Å². The van der Waals surface area contributed by atoms with E-state index in [1.54, 1.807) is 6.07 Å². The molecule has 0 saturated heterocycles. The van der Waals surface area contributed by atoms with Crippen molar-refractivity contribution in [1.29, 1.82) is 0 Å². The summed E-state index contributed by atoms with van der Waals surface area (Å²) in [6.07, 6.45) is -2.10. The summed E-state index contributed by atoms with van der Waals surface area (Å²) < 4.78 is 42.9. The first-order valence-electron chi connectivity index (χ1n) is 7.60. The van der Waals surface area contributed by atoms with E-state index < -0.39 is 11.7 Å². The molecule has 134 valence electrons. The highest BCUT2D eigenvalue weighted by atomic mass is 19.4. The van der Waals surface area contributed by atoms with Crippen LogP contribution in [0.2, 0.25) is 0 Å². The number of rotatable bonds is 6. The van der Waals surface area contributed by atoms with Crippen molar-refractivity contribution in [2.75, 3.05) is 5.32 Å². The Morgan fingerprint density at radius 2 is 1.92 bits per heavy atom. The zero-order valence-electron chi connectivity index (χ0n) is 13.5. The van der Waals surface area contributed by atoms with Crippen LogP contribution in [0.5, 0.6) is 11.6 Å². The van der Waals surface area contributed by atoms with Gasteiger partial charge in [0.05, 0.1) is 17.4 Å². The Kier molecular flexibility index (Phi) is 5.97. The zero-order chi connectivity index (χ0) is 18.4. The van der Waals surface area contributed by atoms with Gasteiger partial charge in [-0.2, -0.15) is 13.2 Å². The standard InChI is InChI=1S/C17H18F3N3O2/c1-11(21)2-8-15(24)23-13-5-9-16(22-10-13)25-14-6-3-12(4-7-14)17(18,19)20/h3-7,9-11H,2,8,21H2,1H3,(H,23,24). The van der Waals surface area contributed by atoms with Crippen LogP contribution >= 0.6 is 0 Å². The number of hydrogen-bond donors (Lipinski definition) is 2. The van der Waals surface area contributed by atoms with Gasteiger partial charge < -0.3 is 15.8 Å². The van der Waals surface area contributed by atoms with E-state index >= 15 is 0 Å². The van der Waals surface area contributed by atoms with Crippen LogP contribution in [-0.4, -0.2) is 16.9 Å². The van der Waals surface area contributed by atoms with Crippen molar-refractivity contribution in [2.45, 2.75) is 32.0 Å². The van der Waals surface area contributed by atoms with Gasteiger partial charge >= 0.3 is 6.18 Å². The van der Waals surface area contributed by atoms with Gasteiger partial charge in [-0.25, -0.2) is 4.98 Å². The number of amides is 1. The Labute approximate surface area is 143 Å². The van der Waals surface area contributed by atoms with Gasteiger partial charge in [0.25, 0.3) is 0 Å². The normalized spacial score (nSPS) is 12.5. The molecular formula is C17H18F3N3O2. The summed E-state index contributed by atoms with van der Waals surface area (Å²) in [5, 5.41) is 2.67. The summed E-state index contributed by atoms with van der Waals surface area (Å²) in [6.45, 7) is 1.82. The van der Waals surface area contributed by atoms with Crippen molar-refractivity contribution < 1.29 is 22.7 Å². The van der Waals surface area contributed by atoms with Crippen LogP contribution in [0.15, 0.2) is 42.6 Å². The van der Waals surface area contributed by atoms with Crippen LogP contribution in [0.1, 0.15) is 25.3 Å². The van der Waals surface area contributed by atoms with Crippen molar-refractivity contribution in [3.63, 3.8) is 0 Å². The molecule has 0 spiro atoms. The number of nitrogens with two attached hydrogens (primary N) is 1. The van der Waals surface area contributed by atoms with Gasteiger partial charge in [-0.1, -0.05) is 0 Å². The second-order valence-electron chi connectivity index (χ2n) is 5.57. The molecular weight excluding hydrogens is 335 g/mol. The zero-order valence-corrected chi connectivity index (χ0v) is 13.5. The molecule has 0 radical (unpaired) electrons. The molecule has 5 nitrogen and oxygen atoms in total. The summed E-state index contributed by atoms with van der Waals surface area (Å²) in [4.78, 5) is 15.7. The van der Waals surface area contributed by atoms with Crippen molar-refractivity contribution in [3.8, 4) is 11.6 Å². The molecule has 0 aliphatic rings. The average Bonchev–Trinajstić information content (AvgIpc) is 2.54. The van der Waals surface area contributed by atoms with E-state index in [9.17, 15) is 18.0 Å². The van der Waals surface area contributed by atoms with E-state index in [0.717, 1.165) is 12.1 Å². The summed E-state index contributed by atoms with van der Waals surface area (Å²) in [5.74, 6) is 0.262. The van der Waals surface area contributed by atoms with Crippen LogP contribution in [0.3, 0.4) is 0 Å². The van der Waals surface area contributed by atoms with Crippen LogP contribution in [0.4, 0.5) is 18.9 Å². The average molecular weight is 353 g/mol. The number of ether oxygens (including phenoxy) is 1. The number of nitrogens with zero attached hydrogens (tertiary/aromatic N) is 1. The van der Waals surface area contributed by atoms with Gasteiger partial charge in [-0.05, 0) is 43.7 Å². The summed E-state index contributed by atoms with van der Waals surface area (Å²) >= 11 is 0. The monoisotopic (exact) mass is 353 g/mol. The number of halogens is 3. The SMILES string of the molecule is CC(N)CCC(=O)Nc1ccc(Oc2ccc(C(F)(F)F)cc2)nc1. The molecule has 2 rings (SSSR count). The molecule has 1 aromatic carbocycles. The lowest BCUT2D eigenvalue weighted by Gasteiger charge is -2.09. The Bertz CT molecular complexity index is 699. The molecule has 1 aromatic heterocycles. The third-order valence-electron chi connectivity index (χ3n) is 3.25. The fourth-order valence-electron chi connectivity index (χ4n) is 1.93. The highest BCUT2D eigenvalue weighted by Crippen LogP contribution is 2.31. The van der Waals surface area contributed by atoms with E-state index in [1.807, 2.05) is 6.92 Å². The Morgan fingerprint density at radius 1 is 1.24 bits per heavy atom. The lowest BCUT2D eigenvalue weighted by molar-refractivity contribution is -0.137. The van der Waals surface area contributed by atoms with Crippen LogP contribution in [-0.2, 0) is 11.0 Å². The third kappa shape index (κ3) is 6.07. The first kappa shape index (κ1) is 18.7. The molecule has 2 aromatic rings. The van der Waals surface area contributed by atoms with Crippen molar-refractivity contribution in [3.05, 3.63) is 48.2 Å². The highest BCUT2D eigenvalue weighted by molar-refractivity contribution is 5.90. The Hall–Kier alpha value is -2.61. The number of alkyl halides is 3. The maximum Gasteiger partial charge on any atom is 0.416 e. The molecule has 0 bridgehead atoms. The third-order valence-corrected chi connectivity index (χ3v) is 3.25. The van der Waals surface area contributed by atoms with Gasteiger partial charge in [-0.15, -0.1) is 0 Å². The second-order valence-corrected chi connectivity index (χ2v) is 5.57. The molecule has 3 N–H and O–H groups in total. The number of hydrogen-bond acceptors (Lipinski definition) is 4. The molecule has 1 heterocycles. The van der Waals surface area contributed by atoms with Crippen molar-refractivity contribution in [2.24, 2.45) is 5.73 Å². The Morgan fingerprint density at radius 3 is 2.44 bits per heavy atom. The molecule has 1 unspecified atom stereocenters. The van der Waals surface area contributed by atoms with Gasteiger partial charge in [0.15, 0.2) is 0 Å². The van der Waals surface area contributed by atoms with Gasteiger partial charge in [0, 0.05) is 18.5 Å². The molecule has 0 saturated carbocycles. The van der Waals surface area contributed by atoms with E-state index in [4.69, 9.17) is 10.5 Å². The van der Waals surface area contributed by atoms with E-state index in [0.29, 0.717) is 18.5 Å². The number of anilines is 1. The van der Waals surface area contributed by atoms with Gasteiger partial charge in [0.1, 0.15) is 5.75 Å². The topological polar surface area (TPSA) is 77.2 Å². The van der Waals surface area contributed by atoms with Gasteiger partial charge in [0.2, 0.25) is 11.8 Å². The molecule has 0 aliphatic carbocycles. The second kappa shape index (κ2) is 7.98. The predicted octanol–water partition coefficient (Wildman–Crippen LogP) is 3.96. The minimum atomic E-state index is -4.39. The number of aromatic nitrogens is 1. The fourth-order valence-corrected chi connectivity index (χ4v) is 1.93. The fraction of sp³-hybridized carbons (Fsp3) is 0.294. The number of carbonyl (C=O) groups excluding carboxylic acids is 1. The number of benzene rings is 1. The van der Waals surface area contributed by atoms with Crippen LogP contribution < -0.4 is 15.8 Å². The molecule has 0 aliphatic heterocycles. The number of carbonyl (C=O) groups is 1. The number of pyridine rings is 1. The molecule has 1 atom stereocenters. The van der Waals surface area contributed by atoms with Crippen molar-refractivity contribution >= 4 is 11.6 Å².